The van der Waals surface area contributed by atoms with Crippen LogP contribution in [0.25, 0.3) is 0 Å². The van der Waals surface area contributed by atoms with Gasteiger partial charge in [0, 0.05) is 19.1 Å². The average Bonchev–Trinajstić information content (AvgIpc) is 2.79. The third-order valence-electron chi connectivity index (χ3n) is 3.59. The van der Waals surface area contributed by atoms with Gasteiger partial charge in [-0.3, -0.25) is 4.90 Å². The minimum Gasteiger partial charge on any atom is -0.302 e. The third kappa shape index (κ3) is 2.83. The second-order valence-corrected chi connectivity index (χ2v) is 4.74. The van der Waals surface area contributed by atoms with Crippen LogP contribution in [0.1, 0.15) is 18.9 Å². The van der Waals surface area contributed by atoms with Crippen molar-refractivity contribution in [1.82, 2.24) is 9.80 Å². The summed E-state index contributed by atoms with van der Waals surface area (Å²) in [6, 6.07) is 11.5. The minimum atomic E-state index is 0.736. The maximum Gasteiger partial charge on any atom is 0.0235 e. The number of likely N-dealkylation sites (N-methyl/N-ethyl adjacent to an activating group) is 2. The summed E-state index contributed by atoms with van der Waals surface area (Å²) >= 11 is 0. The van der Waals surface area contributed by atoms with E-state index in [1.54, 1.807) is 0 Å². The van der Waals surface area contributed by atoms with E-state index in [2.05, 4.69) is 54.1 Å². The molecule has 1 aliphatic rings. The Balaban J connectivity index is 1.87. The van der Waals surface area contributed by atoms with Gasteiger partial charge in [0.25, 0.3) is 0 Å². The van der Waals surface area contributed by atoms with Crippen molar-refractivity contribution < 1.29 is 0 Å². The first kappa shape index (κ1) is 11.6. The van der Waals surface area contributed by atoms with Crippen LogP contribution < -0.4 is 0 Å². The molecule has 0 saturated carbocycles. The summed E-state index contributed by atoms with van der Waals surface area (Å²) in [5.41, 5.74) is 1.42. The lowest BCUT2D eigenvalue weighted by atomic mass is 10.1. The van der Waals surface area contributed by atoms with Gasteiger partial charge < -0.3 is 4.90 Å². The molecular formula is C14H22N2. The van der Waals surface area contributed by atoms with Crippen molar-refractivity contribution in [2.45, 2.75) is 25.9 Å². The van der Waals surface area contributed by atoms with Crippen LogP contribution in [0.2, 0.25) is 0 Å². The molecule has 1 aromatic rings. The number of benzene rings is 1. The van der Waals surface area contributed by atoms with Gasteiger partial charge in [-0.25, -0.2) is 0 Å². The van der Waals surface area contributed by atoms with Gasteiger partial charge in [0.1, 0.15) is 0 Å². The van der Waals surface area contributed by atoms with Gasteiger partial charge in [-0.1, -0.05) is 37.3 Å². The molecule has 1 aromatic carbocycles. The summed E-state index contributed by atoms with van der Waals surface area (Å²) < 4.78 is 0. The van der Waals surface area contributed by atoms with Crippen LogP contribution in [0.5, 0.6) is 0 Å². The van der Waals surface area contributed by atoms with Crippen LogP contribution in [-0.4, -0.2) is 42.5 Å². The second kappa shape index (κ2) is 5.46. The minimum absolute atomic E-state index is 0.736. The molecule has 1 atom stereocenters. The molecular weight excluding hydrogens is 196 g/mol. The molecule has 88 valence electrons. The van der Waals surface area contributed by atoms with Crippen LogP contribution in [0.3, 0.4) is 0 Å². The summed E-state index contributed by atoms with van der Waals surface area (Å²) in [7, 11) is 2.25. The quantitative estimate of drug-likeness (QED) is 0.764. The Morgan fingerprint density at radius 2 is 2.06 bits per heavy atom. The van der Waals surface area contributed by atoms with Gasteiger partial charge in [0.15, 0.2) is 0 Å². The van der Waals surface area contributed by atoms with Crippen LogP contribution >= 0.6 is 0 Å². The molecule has 0 aromatic heterocycles. The molecule has 1 heterocycles. The highest BCUT2D eigenvalue weighted by Crippen LogP contribution is 2.16. The summed E-state index contributed by atoms with van der Waals surface area (Å²) in [6.07, 6.45) is 1.32. The zero-order chi connectivity index (χ0) is 11.4. The summed E-state index contributed by atoms with van der Waals surface area (Å²) in [5, 5.41) is 0. The number of rotatable bonds is 4. The van der Waals surface area contributed by atoms with Crippen molar-refractivity contribution in [3.8, 4) is 0 Å². The van der Waals surface area contributed by atoms with E-state index in [0.29, 0.717) is 0 Å². The summed E-state index contributed by atoms with van der Waals surface area (Å²) in [4.78, 5) is 5.02. The first-order chi connectivity index (χ1) is 7.79. The molecule has 1 saturated heterocycles. The van der Waals surface area contributed by atoms with Crippen LogP contribution in [0, 0.1) is 0 Å². The molecule has 2 nitrogen and oxygen atoms in total. The number of hydrogen-bond donors (Lipinski definition) is 0. The third-order valence-corrected chi connectivity index (χ3v) is 3.59. The normalized spacial score (nSPS) is 21.8. The molecule has 2 rings (SSSR count). The smallest absolute Gasteiger partial charge is 0.0235 e. The highest BCUT2D eigenvalue weighted by molar-refractivity contribution is 5.14. The van der Waals surface area contributed by atoms with Gasteiger partial charge >= 0.3 is 0 Å². The predicted octanol–water partition coefficient (Wildman–Crippen LogP) is 2.21. The van der Waals surface area contributed by atoms with Crippen molar-refractivity contribution in [2.24, 2.45) is 0 Å². The number of hydrogen-bond acceptors (Lipinski definition) is 2. The van der Waals surface area contributed by atoms with Gasteiger partial charge in [-0.2, -0.15) is 0 Å². The molecule has 0 N–H and O–H groups in total. The lowest BCUT2D eigenvalue weighted by Crippen LogP contribution is -2.34. The fourth-order valence-corrected chi connectivity index (χ4v) is 2.46. The summed E-state index contributed by atoms with van der Waals surface area (Å²) in [5.74, 6) is 0. The summed E-state index contributed by atoms with van der Waals surface area (Å²) in [6.45, 7) is 7.01. The topological polar surface area (TPSA) is 6.48 Å². The predicted molar refractivity (Wildman–Crippen MR) is 68.4 cm³/mol. The maximum atomic E-state index is 2.53. The maximum absolute atomic E-state index is 2.53. The van der Waals surface area contributed by atoms with Crippen molar-refractivity contribution in [3.63, 3.8) is 0 Å². The Hall–Kier alpha value is -0.860. The van der Waals surface area contributed by atoms with E-state index >= 15 is 0 Å². The fraction of sp³-hybridized carbons (Fsp3) is 0.571. The van der Waals surface area contributed by atoms with Crippen LogP contribution in [-0.2, 0) is 6.54 Å². The van der Waals surface area contributed by atoms with E-state index in [-0.39, 0.29) is 0 Å². The molecule has 0 aliphatic carbocycles. The number of likely N-dealkylation sites (tertiary alicyclic amines) is 1. The molecule has 0 bridgehead atoms. The zero-order valence-electron chi connectivity index (χ0n) is 10.4. The highest BCUT2D eigenvalue weighted by atomic mass is 15.2. The monoisotopic (exact) mass is 218 g/mol. The first-order valence-corrected chi connectivity index (χ1v) is 6.26. The first-order valence-electron chi connectivity index (χ1n) is 6.26. The van der Waals surface area contributed by atoms with E-state index in [4.69, 9.17) is 0 Å². The van der Waals surface area contributed by atoms with E-state index in [9.17, 15) is 0 Å². The highest BCUT2D eigenvalue weighted by Gasteiger charge is 2.24. The fourth-order valence-electron chi connectivity index (χ4n) is 2.46. The van der Waals surface area contributed by atoms with Gasteiger partial charge in [0.05, 0.1) is 0 Å². The Morgan fingerprint density at radius 1 is 1.31 bits per heavy atom. The van der Waals surface area contributed by atoms with Crippen molar-refractivity contribution in [1.29, 1.82) is 0 Å². The Kier molecular flexibility index (Phi) is 3.97. The zero-order valence-corrected chi connectivity index (χ0v) is 10.4. The van der Waals surface area contributed by atoms with Crippen molar-refractivity contribution in [3.05, 3.63) is 35.9 Å². The van der Waals surface area contributed by atoms with Gasteiger partial charge in [0.2, 0.25) is 0 Å². The molecule has 2 heteroatoms. The average molecular weight is 218 g/mol. The van der Waals surface area contributed by atoms with Crippen LogP contribution in [0.4, 0.5) is 0 Å². The largest absolute Gasteiger partial charge is 0.302 e. The van der Waals surface area contributed by atoms with E-state index in [1.165, 1.54) is 31.6 Å². The van der Waals surface area contributed by atoms with E-state index < -0.39 is 0 Å². The molecule has 16 heavy (non-hydrogen) atoms. The lowest BCUT2D eigenvalue weighted by molar-refractivity contribution is 0.227. The van der Waals surface area contributed by atoms with Crippen molar-refractivity contribution >= 4 is 0 Å². The van der Waals surface area contributed by atoms with E-state index in [0.717, 1.165) is 12.6 Å². The molecule has 1 fully saturated rings. The van der Waals surface area contributed by atoms with Gasteiger partial charge in [-0.05, 0) is 32.1 Å². The molecule has 0 spiro atoms. The molecule has 0 radical (unpaired) electrons. The SMILES string of the molecule is CCN1CCC(N(C)Cc2ccccc2)C1. The van der Waals surface area contributed by atoms with Gasteiger partial charge in [-0.15, -0.1) is 0 Å². The van der Waals surface area contributed by atoms with E-state index in [1.807, 2.05) is 0 Å². The lowest BCUT2D eigenvalue weighted by Gasteiger charge is -2.24. The Labute approximate surface area is 98.9 Å². The standard InChI is InChI=1S/C14H22N2/c1-3-16-10-9-14(12-16)15(2)11-13-7-5-4-6-8-13/h4-8,14H,3,9-12H2,1-2H3. The van der Waals surface area contributed by atoms with Crippen molar-refractivity contribution in [2.75, 3.05) is 26.7 Å². The molecule has 1 unspecified atom stereocenters. The number of nitrogens with zero attached hydrogens (tertiary/aromatic N) is 2. The molecule has 0 amide bonds. The Morgan fingerprint density at radius 3 is 2.69 bits per heavy atom. The second-order valence-electron chi connectivity index (χ2n) is 4.74. The van der Waals surface area contributed by atoms with Crippen LogP contribution in [0.15, 0.2) is 30.3 Å². The Bertz CT molecular complexity index is 310. The molecule has 1 aliphatic heterocycles.